The zero-order valence-corrected chi connectivity index (χ0v) is 9.78. The number of hydrogen-bond acceptors (Lipinski definition) is 1. The quantitative estimate of drug-likeness (QED) is 0.653. The Balaban J connectivity index is 2.27. The zero-order valence-electron chi connectivity index (χ0n) is 7.62. The molecule has 0 amide bonds. The van der Waals surface area contributed by atoms with E-state index in [-0.39, 0.29) is 6.10 Å². The Bertz CT molecular complexity index is 223. The van der Waals surface area contributed by atoms with Crippen LogP contribution in [0, 0.1) is 0 Å². The average Bonchev–Trinajstić information content (AvgIpc) is 2.17. The van der Waals surface area contributed by atoms with E-state index in [4.69, 9.17) is 0 Å². The van der Waals surface area contributed by atoms with Crippen molar-refractivity contribution in [3.63, 3.8) is 0 Å². The molecule has 0 saturated carbocycles. The first-order chi connectivity index (χ1) is 6.33. The number of hydrogen-bond donors (Lipinski definition) is 1. The molecule has 0 aromatic heterocycles. The minimum Gasteiger partial charge on any atom is -0.393 e. The van der Waals surface area contributed by atoms with E-state index in [0.29, 0.717) is 0 Å². The second-order valence-corrected chi connectivity index (χ2v) is 4.23. The lowest BCUT2D eigenvalue weighted by atomic mass is 10.1. The van der Waals surface area contributed by atoms with E-state index in [1.165, 1.54) is 5.56 Å². The summed E-state index contributed by atoms with van der Waals surface area (Å²) in [4.78, 5) is 0. The van der Waals surface area contributed by atoms with Crippen molar-refractivity contribution in [3.8, 4) is 0 Å². The Morgan fingerprint density at radius 2 is 1.85 bits per heavy atom. The van der Waals surface area contributed by atoms with E-state index >= 15 is 0 Å². The molecule has 0 aliphatic heterocycles. The summed E-state index contributed by atoms with van der Waals surface area (Å²) in [5, 5.41) is 9.51. The Hall–Kier alpha value is -0.0900. The Morgan fingerprint density at radius 3 is 2.46 bits per heavy atom. The number of aliphatic hydroxyl groups is 1. The summed E-state index contributed by atoms with van der Waals surface area (Å²) >= 11 is 2.30. The predicted octanol–water partition coefficient (Wildman–Crippen LogP) is 2.81. The molecule has 0 fully saturated rings. The molecule has 1 aromatic rings. The van der Waals surface area contributed by atoms with Gasteiger partial charge in [0.05, 0.1) is 6.10 Å². The van der Waals surface area contributed by atoms with Gasteiger partial charge in [0.25, 0.3) is 0 Å². The molecule has 0 saturated heterocycles. The molecule has 0 aliphatic carbocycles. The number of halogens is 1. The lowest BCUT2D eigenvalue weighted by Crippen LogP contribution is -2.08. The lowest BCUT2D eigenvalue weighted by Gasteiger charge is -2.07. The van der Waals surface area contributed by atoms with Gasteiger partial charge in [-0.05, 0) is 24.8 Å². The molecule has 0 aliphatic rings. The molecule has 1 aromatic carbocycles. The molecule has 0 heterocycles. The largest absolute Gasteiger partial charge is 0.393 e. The third kappa shape index (κ3) is 4.62. The highest BCUT2D eigenvalue weighted by molar-refractivity contribution is 14.1. The Morgan fingerprint density at radius 1 is 1.15 bits per heavy atom. The summed E-state index contributed by atoms with van der Waals surface area (Å²) < 4.78 is 1.04. The van der Waals surface area contributed by atoms with Gasteiger partial charge in [-0.25, -0.2) is 0 Å². The average molecular weight is 290 g/mol. The van der Waals surface area contributed by atoms with Gasteiger partial charge in [0.2, 0.25) is 0 Å². The number of aliphatic hydroxyl groups excluding tert-OH is 1. The Labute approximate surface area is 93.3 Å². The number of alkyl halides is 1. The van der Waals surface area contributed by atoms with Crippen LogP contribution in [0.25, 0.3) is 0 Å². The van der Waals surface area contributed by atoms with E-state index in [9.17, 15) is 5.11 Å². The first-order valence-electron chi connectivity index (χ1n) is 4.61. The first kappa shape index (κ1) is 11.0. The van der Waals surface area contributed by atoms with E-state index in [1.807, 2.05) is 18.2 Å². The van der Waals surface area contributed by atoms with Crippen LogP contribution >= 0.6 is 22.6 Å². The van der Waals surface area contributed by atoms with Crippen molar-refractivity contribution in [2.24, 2.45) is 0 Å². The molecule has 1 rings (SSSR count). The number of benzene rings is 1. The highest BCUT2D eigenvalue weighted by Crippen LogP contribution is 2.07. The molecular formula is C11H15IO. The molecule has 0 unspecified atom stereocenters. The van der Waals surface area contributed by atoms with Crippen molar-refractivity contribution in [2.45, 2.75) is 25.4 Å². The Kier molecular flexibility index (Phi) is 5.39. The maximum Gasteiger partial charge on any atom is 0.0550 e. The van der Waals surface area contributed by atoms with Crippen LogP contribution in [-0.2, 0) is 6.42 Å². The molecule has 2 heteroatoms. The van der Waals surface area contributed by atoms with Crippen LogP contribution in [0.2, 0.25) is 0 Å². The van der Waals surface area contributed by atoms with Gasteiger partial charge in [-0.15, -0.1) is 0 Å². The molecular weight excluding hydrogens is 275 g/mol. The fourth-order valence-corrected chi connectivity index (χ4v) is 1.97. The number of rotatable bonds is 5. The monoisotopic (exact) mass is 290 g/mol. The summed E-state index contributed by atoms with van der Waals surface area (Å²) in [6.45, 7) is 0. The highest BCUT2D eigenvalue weighted by atomic mass is 127. The van der Waals surface area contributed by atoms with Gasteiger partial charge in [0.1, 0.15) is 0 Å². The van der Waals surface area contributed by atoms with Crippen molar-refractivity contribution in [1.29, 1.82) is 0 Å². The van der Waals surface area contributed by atoms with E-state index < -0.39 is 0 Å². The maximum absolute atomic E-state index is 9.51. The van der Waals surface area contributed by atoms with Crippen LogP contribution < -0.4 is 0 Å². The van der Waals surface area contributed by atoms with Crippen LogP contribution in [0.1, 0.15) is 18.4 Å². The number of aryl methyl sites for hydroxylation is 1. The maximum atomic E-state index is 9.51. The summed E-state index contributed by atoms with van der Waals surface area (Å²) in [5.74, 6) is 0. The van der Waals surface area contributed by atoms with Crippen molar-refractivity contribution in [2.75, 3.05) is 4.43 Å². The highest BCUT2D eigenvalue weighted by Gasteiger charge is 2.02. The molecule has 1 nitrogen and oxygen atoms in total. The van der Waals surface area contributed by atoms with Gasteiger partial charge in [0, 0.05) is 4.43 Å². The van der Waals surface area contributed by atoms with Gasteiger partial charge in [-0.1, -0.05) is 52.9 Å². The smallest absolute Gasteiger partial charge is 0.0550 e. The van der Waals surface area contributed by atoms with Gasteiger partial charge < -0.3 is 5.11 Å². The van der Waals surface area contributed by atoms with Crippen LogP contribution in [0.3, 0.4) is 0 Å². The summed E-state index contributed by atoms with van der Waals surface area (Å²) in [6.07, 6.45) is 2.65. The third-order valence-corrected chi connectivity index (χ3v) is 2.67. The standard InChI is InChI=1S/C11H15IO/c12-9-8-11(13)7-6-10-4-2-1-3-5-10/h1-5,11,13H,6-9H2/t11-/m0/s1. The second-order valence-electron chi connectivity index (χ2n) is 3.16. The molecule has 72 valence electrons. The topological polar surface area (TPSA) is 20.2 Å². The van der Waals surface area contributed by atoms with Crippen LogP contribution in [0.5, 0.6) is 0 Å². The van der Waals surface area contributed by atoms with Crippen LogP contribution in [-0.4, -0.2) is 15.6 Å². The minimum absolute atomic E-state index is 0.128. The molecule has 0 radical (unpaired) electrons. The zero-order chi connectivity index (χ0) is 9.52. The van der Waals surface area contributed by atoms with Crippen molar-refractivity contribution < 1.29 is 5.11 Å². The third-order valence-electron chi connectivity index (χ3n) is 2.05. The van der Waals surface area contributed by atoms with Crippen molar-refractivity contribution >= 4 is 22.6 Å². The van der Waals surface area contributed by atoms with Crippen molar-refractivity contribution in [1.82, 2.24) is 0 Å². The van der Waals surface area contributed by atoms with Crippen LogP contribution in [0.15, 0.2) is 30.3 Å². The lowest BCUT2D eigenvalue weighted by molar-refractivity contribution is 0.163. The van der Waals surface area contributed by atoms with E-state index in [0.717, 1.165) is 23.7 Å². The van der Waals surface area contributed by atoms with Gasteiger partial charge in [0.15, 0.2) is 0 Å². The fraction of sp³-hybridized carbons (Fsp3) is 0.455. The van der Waals surface area contributed by atoms with Gasteiger partial charge in [-0.3, -0.25) is 0 Å². The van der Waals surface area contributed by atoms with Gasteiger partial charge in [-0.2, -0.15) is 0 Å². The molecule has 0 spiro atoms. The fourth-order valence-electron chi connectivity index (χ4n) is 1.25. The predicted molar refractivity (Wildman–Crippen MR) is 64.3 cm³/mol. The van der Waals surface area contributed by atoms with E-state index in [1.54, 1.807) is 0 Å². The van der Waals surface area contributed by atoms with E-state index in [2.05, 4.69) is 34.7 Å². The second kappa shape index (κ2) is 6.38. The molecule has 1 atom stereocenters. The summed E-state index contributed by atoms with van der Waals surface area (Å²) in [7, 11) is 0. The molecule has 13 heavy (non-hydrogen) atoms. The minimum atomic E-state index is -0.128. The molecule has 1 N–H and O–H groups in total. The summed E-state index contributed by atoms with van der Waals surface area (Å²) in [6, 6.07) is 10.3. The summed E-state index contributed by atoms with van der Waals surface area (Å²) in [5.41, 5.74) is 1.31. The van der Waals surface area contributed by atoms with Crippen LogP contribution in [0.4, 0.5) is 0 Å². The SMILES string of the molecule is O[C@H](CCI)CCc1ccccc1. The normalized spacial score (nSPS) is 12.8. The van der Waals surface area contributed by atoms with Crippen molar-refractivity contribution in [3.05, 3.63) is 35.9 Å². The molecule has 0 bridgehead atoms. The first-order valence-corrected chi connectivity index (χ1v) is 6.13. The van der Waals surface area contributed by atoms with Gasteiger partial charge >= 0.3 is 0 Å².